The number of allylic oxidation sites excluding steroid dienone is 1. The van der Waals surface area contributed by atoms with Crippen LogP contribution < -0.4 is 0 Å². The van der Waals surface area contributed by atoms with E-state index in [1.54, 1.807) is 6.08 Å². The SMILES string of the molecule is C=CC[C@@]1(C(C)=O)CCCCC1=O. The third kappa shape index (κ3) is 1.71. The molecule has 1 atom stereocenters. The molecule has 1 rings (SSSR count). The van der Waals surface area contributed by atoms with Gasteiger partial charge < -0.3 is 0 Å². The second kappa shape index (κ2) is 3.86. The van der Waals surface area contributed by atoms with Crippen LogP contribution in [0.5, 0.6) is 0 Å². The third-order valence-corrected chi connectivity index (χ3v) is 2.96. The summed E-state index contributed by atoms with van der Waals surface area (Å²) in [4.78, 5) is 23.1. The number of ketones is 2. The summed E-state index contributed by atoms with van der Waals surface area (Å²) in [6.07, 6.45) is 5.40. The van der Waals surface area contributed by atoms with Crippen LogP contribution in [0.3, 0.4) is 0 Å². The highest BCUT2D eigenvalue weighted by Gasteiger charge is 2.42. The number of hydrogen-bond donors (Lipinski definition) is 0. The summed E-state index contributed by atoms with van der Waals surface area (Å²) < 4.78 is 0. The lowest BCUT2D eigenvalue weighted by Gasteiger charge is -2.32. The van der Waals surface area contributed by atoms with Gasteiger partial charge in [-0.1, -0.05) is 12.5 Å². The van der Waals surface area contributed by atoms with Gasteiger partial charge in [0, 0.05) is 6.42 Å². The van der Waals surface area contributed by atoms with E-state index in [4.69, 9.17) is 0 Å². The molecular formula is C11H16O2. The fourth-order valence-corrected chi connectivity index (χ4v) is 2.07. The summed E-state index contributed by atoms with van der Waals surface area (Å²) in [6.45, 7) is 5.13. The van der Waals surface area contributed by atoms with Crippen LogP contribution in [0, 0.1) is 5.41 Å². The van der Waals surface area contributed by atoms with Crippen LogP contribution in [0.2, 0.25) is 0 Å². The molecule has 0 aliphatic heterocycles. The maximum absolute atomic E-state index is 11.7. The second-order valence-electron chi connectivity index (χ2n) is 3.76. The number of carbonyl (C=O) groups excluding carboxylic acids is 2. The summed E-state index contributed by atoms with van der Waals surface area (Å²) in [5.74, 6) is 0.128. The molecule has 0 heterocycles. The van der Waals surface area contributed by atoms with E-state index in [1.807, 2.05) is 0 Å². The van der Waals surface area contributed by atoms with Crippen LogP contribution in [0.4, 0.5) is 0 Å². The van der Waals surface area contributed by atoms with E-state index in [1.165, 1.54) is 6.92 Å². The fourth-order valence-electron chi connectivity index (χ4n) is 2.07. The average molecular weight is 180 g/mol. The molecule has 0 amide bonds. The Morgan fingerprint density at radius 3 is 2.77 bits per heavy atom. The maximum Gasteiger partial charge on any atom is 0.146 e. The van der Waals surface area contributed by atoms with Crippen molar-refractivity contribution in [3.8, 4) is 0 Å². The fraction of sp³-hybridized carbons (Fsp3) is 0.636. The first-order valence-corrected chi connectivity index (χ1v) is 4.79. The van der Waals surface area contributed by atoms with Crippen molar-refractivity contribution < 1.29 is 9.59 Å². The van der Waals surface area contributed by atoms with Gasteiger partial charge >= 0.3 is 0 Å². The molecule has 0 aromatic carbocycles. The first-order chi connectivity index (χ1) is 6.13. The molecule has 2 nitrogen and oxygen atoms in total. The van der Waals surface area contributed by atoms with Gasteiger partial charge in [0.1, 0.15) is 11.6 Å². The maximum atomic E-state index is 11.7. The van der Waals surface area contributed by atoms with Gasteiger partial charge in [-0.05, 0) is 26.2 Å². The Morgan fingerprint density at radius 2 is 2.31 bits per heavy atom. The summed E-state index contributed by atoms with van der Waals surface area (Å²) in [5.41, 5.74) is -0.708. The van der Waals surface area contributed by atoms with Gasteiger partial charge in [0.15, 0.2) is 0 Å². The first-order valence-electron chi connectivity index (χ1n) is 4.79. The lowest BCUT2D eigenvalue weighted by molar-refractivity contribution is -0.141. The molecule has 2 heteroatoms. The molecule has 0 N–H and O–H groups in total. The standard InChI is InChI=1S/C11H16O2/c1-3-7-11(9(2)12)8-5-4-6-10(11)13/h3H,1,4-8H2,2H3/t11-/m0/s1. The van der Waals surface area contributed by atoms with Gasteiger partial charge in [-0.25, -0.2) is 0 Å². The van der Waals surface area contributed by atoms with E-state index in [2.05, 4.69) is 6.58 Å². The van der Waals surface area contributed by atoms with E-state index in [9.17, 15) is 9.59 Å². The molecule has 13 heavy (non-hydrogen) atoms. The van der Waals surface area contributed by atoms with Crippen molar-refractivity contribution >= 4 is 11.6 Å². The molecule has 1 fully saturated rings. The third-order valence-electron chi connectivity index (χ3n) is 2.96. The zero-order valence-corrected chi connectivity index (χ0v) is 8.14. The van der Waals surface area contributed by atoms with Crippen LogP contribution >= 0.6 is 0 Å². The van der Waals surface area contributed by atoms with Crippen molar-refractivity contribution in [1.82, 2.24) is 0 Å². The van der Waals surface area contributed by atoms with Crippen LogP contribution in [0.25, 0.3) is 0 Å². The second-order valence-corrected chi connectivity index (χ2v) is 3.76. The van der Waals surface area contributed by atoms with Gasteiger partial charge in [0.2, 0.25) is 0 Å². The minimum absolute atomic E-state index is 0.0112. The molecule has 72 valence electrons. The molecule has 0 radical (unpaired) electrons. The number of carbonyl (C=O) groups is 2. The zero-order valence-electron chi connectivity index (χ0n) is 8.14. The van der Waals surface area contributed by atoms with Gasteiger partial charge in [-0.2, -0.15) is 0 Å². The highest BCUT2D eigenvalue weighted by atomic mass is 16.2. The zero-order chi connectivity index (χ0) is 9.90. The Kier molecular flexibility index (Phi) is 3.02. The lowest BCUT2D eigenvalue weighted by atomic mass is 9.68. The number of hydrogen-bond acceptors (Lipinski definition) is 2. The van der Waals surface area contributed by atoms with E-state index in [0.717, 1.165) is 12.8 Å². The van der Waals surface area contributed by atoms with Crippen molar-refractivity contribution in [3.63, 3.8) is 0 Å². The lowest BCUT2D eigenvalue weighted by Crippen LogP contribution is -2.39. The smallest absolute Gasteiger partial charge is 0.146 e. The van der Waals surface area contributed by atoms with Crippen LogP contribution in [-0.2, 0) is 9.59 Å². The molecular weight excluding hydrogens is 164 g/mol. The molecule has 1 saturated carbocycles. The Balaban J connectivity index is 2.92. The van der Waals surface area contributed by atoms with Crippen molar-refractivity contribution in [2.45, 2.75) is 39.0 Å². The highest BCUT2D eigenvalue weighted by molar-refractivity contribution is 6.06. The minimum Gasteiger partial charge on any atom is -0.299 e. The highest BCUT2D eigenvalue weighted by Crippen LogP contribution is 2.37. The van der Waals surface area contributed by atoms with E-state index in [0.29, 0.717) is 19.3 Å². The van der Waals surface area contributed by atoms with Crippen molar-refractivity contribution in [2.75, 3.05) is 0 Å². The molecule has 0 aromatic rings. The topological polar surface area (TPSA) is 34.1 Å². The summed E-state index contributed by atoms with van der Waals surface area (Å²) in [7, 11) is 0. The normalized spacial score (nSPS) is 28.5. The monoisotopic (exact) mass is 180 g/mol. The Labute approximate surface area is 79.0 Å². The average Bonchev–Trinajstić information content (AvgIpc) is 2.09. The van der Waals surface area contributed by atoms with Crippen LogP contribution in [-0.4, -0.2) is 11.6 Å². The molecule has 0 spiro atoms. The van der Waals surface area contributed by atoms with Gasteiger partial charge in [0.25, 0.3) is 0 Å². The predicted molar refractivity (Wildman–Crippen MR) is 51.4 cm³/mol. The van der Waals surface area contributed by atoms with Gasteiger partial charge in [0.05, 0.1) is 5.41 Å². The Morgan fingerprint density at radius 1 is 1.62 bits per heavy atom. The van der Waals surface area contributed by atoms with Gasteiger partial charge in [-0.15, -0.1) is 6.58 Å². The first kappa shape index (κ1) is 10.2. The van der Waals surface area contributed by atoms with Crippen molar-refractivity contribution in [3.05, 3.63) is 12.7 Å². The van der Waals surface area contributed by atoms with E-state index < -0.39 is 5.41 Å². The molecule has 0 bridgehead atoms. The van der Waals surface area contributed by atoms with Crippen LogP contribution in [0.1, 0.15) is 39.0 Å². The van der Waals surface area contributed by atoms with Gasteiger partial charge in [-0.3, -0.25) is 9.59 Å². The molecule has 1 aliphatic carbocycles. The molecule has 0 saturated heterocycles. The summed E-state index contributed by atoms with van der Waals surface area (Å²) >= 11 is 0. The van der Waals surface area contributed by atoms with E-state index >= 15 is 0 Å². The minimum atomic E-state index is -0.708. The molecule has 0 unspecified atom stereocenters. The summed E-state index contributed by atoms with van der Waals surface area (Å²) in [5, 5.41) is 0. The Hall–Kier alpha value is -0.920. The van der Waals surface area contributed by atoms with Crippen molar-refractivity contribution in [1.29, 1.82) is 0 Å². The van der Waals surface area contributed by atoms with Crippen molar-refractivity contribution in [2.24, 2.45) is 5.41 Å². The largest absolute Gasteiger partial charge is 0.299 e. The number of rotatable bonds is 3. The Bertz CT molecular complexity index is 242. The number of Topliss-reactive ketones (excluding diaryl/α,β-unsaturated/α-hetero) is 2. The molecule has 0 aromatic heterocycles. The summed E-state index contributed by atoms with van der Waals surface area (Å²) in [6, 6.07) is 0. The predicted octanol–water partition coefficient (Wildman–Crippen LogP) is 2.28. The molecule has 1 aliphatic rings. The quantitative estimate of drug-likeness (QED) is 0.493. The van der Waals surface area contributed by atoms with Crippen LogP contribution in [0.15, 0.2) is 12.7 Å². The van der Waals surface area contributed by atoms with E-state index in [-0.39, 0.29) is 11.6 Å².